The van der Waals surface area contributed by atoms with Gasteiger partial charge in [-0.2, -0.15) is 0 Å². The lowest BCUT2D eigenvalue weighted by Crippen LogP contribution is -2.43. The number of amides is 2. The first-order valence-electron chi connectivity index (χ1n) is 7.89. The smallest absolute Gasteiger partial charge is 0.257 e. The molecule has 7 nitrogen and oxygen atoms in total. The first kappa shape index (κ1) is 17.3. The maximum Gasteiger partial charge on any atom is 0.257 e. The summed E-state index contributed by atoms with van der Waals surface area (Å²) < 4.78 is 0.831. The number of halogens is 1. The van der Waals surface area contributed by atoms with Crippen LogP contribution in [0.15, 0.2) is 41.3 Å². The molecule has 8 heteroatoms. The number of carbonyl (C=O) groups excluding carboxylic acids is 2. The van der Waals surface area contributed by atoms with Gasteiger partial charge in [0.05, 0.1) is 17.7 Å². The van der Waals surface area contributed by atoms with Crippen LogP contribution in [-0.2, 0) is 4.79 Å². The minimum atomic E-state index is -0.313. The maximum absolute atomic E-state index is 12.6. The van der Waals surface area contributed by atoms with E-state index in [-0.39, 0.29) is 29.0 Å². The molecule has 25 heavy (non-hydrogen) atoms. The molecule has 0 aromatic carbocycles. The monoisotopic (exact) mass is 404 g/mol. The second kappa shape index (κ2) is 7.60. The Morgan fingerprint density at radius 3 is 2.84 bits per heavy atom. The van der Waals surface area contributed by atoms with Crippen molar-refractivity contribution in [3.05, 3.63) is 46.8 Å². The molecule has 1 fully saturated rings. The predicted molar refractivity (Wildman–Crippen MR) is 95.1 cm³/mol. The zero-order valence-corrected chi connectivity index (χ0v) is 14.9. The van der Waals surface area contributed by atoms with E-state index in [0.717, 1.165) is 10.9 Å². The van der Waals surface area contributed by atoms with Crippen LogP contribution in [0.5, 0.6) is 5.75 Å². The molecule has 0 bridgehead atoms. The Bertz CT molecular complexity index is 782. The standard InChI is InChI=1S/C17H17BrN4O3/c18-12-3-4-15(20-8-12)21-16(24)11-2-1-7-22(10-11)17(25)13-5-6-19-9-14(13)23/h3-6,8-9,11,23H,1-2,7,10H2,(H,20,21,24). The van der Waals surface area contributed by atoms with Crippen LogP contribution in [0.2, 0.25) is 0 Å². The lowest BCUT2D eigenvalue weighted by molar-refractivity contribution is -0.121. The summed E-state index contributed by atoms with van der Waals surface area (Å²) in [7, 11) is 0. The number of nitrogens with zero attached hydrogens (tertiary/aromatic N) is 3. The second-order valence-corrected chi connectivity index (χ2v) is 6.75. The molecule has 3 heterocycles. The van der Waals surface area contributed by atoms with Crippen molar-refractivity contribution in [2.45, 2.75) is 12.8 Å². The second-order valence-electron chi connectivity index (χ2n) is 5.83. The molecule has 1 aliphatic rings. The van der Waals surface area contributed by atoms with Crippen molar-refractivity contribution in [2.24, 2.45) is 5.92 Å². The highest BCUT2D eigenvalue weighted by Crippen LogP contribution is 2.23. The van der Waals surface area contributed by atoms with Gasteiger partial charge in [-0.3, -0.25) is 14.6 Å². The van der Waals surface area contributed by atoms with E-state index in [1.165, 1.54) is 18.5 Å². The van der Waals surface area contributed by atoms with Crippen LogP contribution >= 0.6 is 15.9 Å². The molecular formula is C17H17BrN4O3. The molecule has 130 valence electrons. The van der Waals surface area contributed by atoms with Gasteiger partial charge >= 0.3 is 0 Å². The summed E-state index contributed by atoms with van der Waals surface area (Å²) in [6.07, 6.45) is 5.73. The van der Waals surface area contributed by atoms with Gasteiger partial charge in [-0.05, 0) is 47.0 Å². The fourth-order valence-electron chi connectivity index (χ4n) is 2.79. The summed E-state index contributed by atoms with van der Waals surface area (Å²) in [5, 5.41) is 12.6. The Labute approximate surface area is 153 Å². The van der Waals surface area contributed by atoms with Gasteiger partial charge < -0.3 is 15.3 Å². The van der Waals surface area contributed by atoms with Gasteiger partial charge in [-0.1, -0.05) is 0 Å². The molecule has 1 unspecified atom stereocenters. The number of rotatable bonds is 3. The Morgan fingerprint density at radius 1 is 1.28 bits per heavy atom. The van der Waals surface area contributed by atoms with E-state index in [4.69, 9.17) is 0 Å². The minimum absolute atomic E-state index is 0.155. The quantitative estimate of drug-likeness (QED) is 0.818. The van der Waals surface area contributed by atoms with Gasteiger partial charge in [-0.15, -0.1) is 0 Å². The van der Waals surface area contributed by atoms with E-state index in [1.807, 2.05) is 0 Å². The number of piperidine rings is 1. The highest BCUT2D eigenvalue weighted by molar-refractivity contribution is 9.10. The van der Waals surface area contributed by atoms with E-state index in [9.17, 15) is 14.7 Å². The molecule has 2 N–H and O–H groups in total. The first-order chi connectivity index (χ1) is 12.0. The average Bonchev–Trinajstić information content (AvgIpc) is 2.63. The Kier molecular flexibility index (Phi) is 5.28. The maximum atomic E-state index is 12.6. The summed E-state index contributed by atoms with van der Waals surface area (Å²) in [5.74, 6) is -0.445. The molecular weight excluding hydrogens is 388 g/mol. The number of aromatic hydroxyl groups is 1. The lowest BCUT2D eigenvalue weighted by Gasteiger charge is -2.32. The van der Waals surface area contributed by atoms with Gasteiger partial charge in [-0.25, -0.2) is 4.98 Å². The summed E-state index contributed by atoms with van der Waals surface area (Å²) in [5.41, 5.74) is 0.200. The van der Waals surface area contributed by atoms with Gasteiger partial charge in [0.25, 0.3) is 5.91 Å². The molecule has 2 aromatic rings. The molecule has 1 atom stereocenters. The lowest BCUT2D eigenvalue weighted by atomic mass is 9.96. The van der Waals surface area contributed by atoms with Crippen LogP contribution in [0.1, 0.15) is 23.2 Å². The van der Waals surface area contributed by atoms with Crippen molar-refractivity contribution < 1.29 is 14.7 Å². The van der Waals surface area contributed by atoms with Crippen molar-refractivity contribution in [3.63, 3.8) is 0 Å². The topological polar surface area (TPSA) is 95.4 Å². The van der Waals surface area contributed by atoms with E-state index in [2.05, 4.69) is 31.2 Å². The summed E-state index contributed by atoms with van der Waals surface area (Å²) >= 11 is 3.30. The van der Waals surface area contributed by atoms with Crippen LogP contribution in [0.25, 0.3) is 0 Å². The first-order valence-corrected chi connectivity index (χ1v) is 8.68. The number of anilines is 1. The van der Waals surface area contributed by atoms with Crippen LogP contribution < -0.4 is 5.32 Å². The molecule has 0 saturated carbocycles. The number of likely N-dealkylation sites (tertiary alicyclic amines) is 1. The molecule has 0 spiro atoms. The van der Waals surface area contributed by atoms with Crippen LogP contribution in [-0.4, -0.2) is 44.9 Å². The molecule has 2 amide bonds. The van der Waals surface area contributed by atoms with Crippen molar-refractivity contribution in [3.8, 4) is 5.75 Å². The largest absolute Gasteiger partial charge is 0.505 e. The molecule has 0 radical (unpaired) electrons. The van der Waals surface area contributed by atoms with Crippen LogP contribution in [0.4, 0.5) is 5.82 Å². The number of pyridine rings is 2. The Hall–Kier alpha value is -2.48. The third-order valence-electron chi connectivity index (χ3n) is 4.09. The minimum Gasteiger partial charge on any atom is -0.505 e. The summed E-state index contributed by atoms with van der Waals surface area (Å²) in [4.78, 5) is 34.5. The fraction of sp³-hybridized carbons (Fsp3) is 0.294. The van der Waals surface area contributed by atoms with Crippen LogP contribution in [0.3, 0.4) is 0 Å². The molecule has 1 saturated heterocycles. The molecule has 1 aliphatic heterocycles. The SMILES string of the molecule is O=C(Nc1ccc(Br)cn1)C1CCCN(C(=O)c2ccncc2O)C1. The number of carbonyl (C=O) groups is 2. The van der Waals surface area contributed by atoms with E-state index in [0.29, 0.717) is 25.3 Å². The zero-order chi connectivity index (χ0) is 17.8. The van der Waals surface area contributed by atoms with E-state index >= 15 is 0 Å². The number of nitrogens with one attached hydrogen (secondary N) is 1. The Morgan fingerprint density at radius 2 is 2.12 bits per heavy atom. The van der Waals surface area contributed by atoms with Gasteiger partial charge in [0.15, 0.2) is 0 Å². The summed E-state index contributed by atoms with van der Waals surface area (Å²) in [6.45, 7) is 0.865. The van der Waals surface area contributed by atoms with Gasteiger partial charge in [0.1, 0.15) is 11.6 Å². The summed E-state index contributed by atoms with van der Waals surface area (Å²) in [6, 6.07) is 4.99. The van der Waals surface area contributed by atoms with Crippen molar-refractivity contribution >= 4 is 33.6 Å². The van der Waals surface area contributed by atoms with Gasteiger partial charge in [0, 0.05) is 30.0 Å². The molecule has 3 rings (SSSR count). The third-order valence-corrected chi connectivity index (χ3v) is 4.56. The highest BCUT2D eigenvalue weighted by Gasteiger charge is 2.30. The van der Waals surface area contributed by atoms with Crippen LogP contribution in [0, 0.1) is 5.92 Å². The molecule has 0 aliphatic carbocycles. The van der Waals surface area contributed by atoms with E-state index in [1.54, 1.807) is 23.2 Å². The van der Waals surface area contributed by atoms with Crippen molar-refractivity contribution in [1.82, 2.24) is 14.9 Å². The van der Waals surface area contributed by atoms with Crippen molar-refractivity contribution in [1.29, 1.82) is 0 Å². The Balaban J connectivity index is 1.66. The average molecular weight is 405 g/mol. The number of aromatic nitrogens is 2. The molecule has 2 aromatic heterocycles. The zero-order valence-electron chi connectivity index (χ0n) is 13.4. The van der Waals surface area contributed by atoms with Gasteiger partial charge in [0.2, 0.25) is 5.91 Å². The predicted octanol–water partition coefficient (Wildman–Crippen LogP) is 2.44. The number of hydrogen-bond acceptors (Lipinski definition) is 5. The normalized spacial score (nSPS) is 17.2. The highest BCUT2D eigenvalue weighted by atomic mass is 79.9. The fourth-order valence-corrected chi connectivity index (χ4v) is 3.03. The van der Waals surface area contributed by atoms with E-state index < -0.39 is 0 Å². The third kappa shape index (κ3) is 4.14. The number of hydrogen-bond donors (Lipinski definition) is 2. The van der Waals surface area contributed by atoms with Crippen molar-refractivity contribution in [2.75, 3.05) is 18.4 Å².